The number of pyridine rings is 1. The largest absolute Gasteiger partial charge is 0.381 e. The second-order valence-corrected chi connectivity index (χ2v) is 4.92. The third-order valence-corrected chi connectivity index (χ3v) is 3.65. The van der Waals surface area contributed by atoms with Crippen molar-refractivity contribution in [2.75, 3.05) is 13.2 Å². The Bertz CT molecular complexity index is 742. The Morgan fingerprint density at radius 1 is 1.20 bits per heavy atom. The van der Waals surface area contributed by atoms with Crippen molar-refractivity contribution in [3.8, 4) is 11.5 Å². The second kappa shape index (κ2) is 4.68. The number of ether oxygens (including phenoxy) is 1. The number of fused-ring (bicyclic) bond motifs is 1. The van der Waals surface area contributed by atoms with Crippen molar-refractivity contribution >= 4 is 10.8 Å². The molecular weight excluding hydrogens is 254 g/mol. The zero-order valence-electron chi connectivity index (χ0n) is 10.8. The smallest absolute Gasteiger partial charge is 0.258 e. The summed E-state index contributed by atoms with van der Waals surface area (Å²) < 4.78 is 10.8. The topological polar surface area (TPSA) is 61.0 Å². The van der Waals surface area contributed by atoms with Crippen LogP contribution in [0.25, 0.3) is 22.2 Å². The Morgan fingerprint density at radius 2 is 2.20 bits per heavy atom. The number of aromatic nitrogens is 3. The summed E-state index contributed by atoms with van der Waals surface area (Å²) in [4.78, 5) is 8.67. The number of nitrogens with zero attached hydrogens (tertiary/aromatic N) is 3. The van der Waals surface area contributed by atoms with Crippen LogP contribution in [0.1, 0.15) is 18.2 Å². The molecule has 5 heteroatoms. The lowest BCUT2D eigenvalue weighted by molar-refractivity contribution is 0.192. The number of rotatable bonds is 2. The van der Waals surface area contributed by atoms with E-state index in [-0.39, 0.29) is 5.92 Å². The molecule has 1 aliphatic rings. The van der Waals surface area contributed by atoms with Gasteiger partial charge in [0.2, 0.25) is 0 Å². The van der Waals surface area contributed by atoms with Gasteiger partial charge in [-0.3, -0.25) is 4.98 Å². The van der Waals surface area contributed by atoms with Gasteiger partial charge in [-0.15, -0.1) is 0 Å². The fourth-order valence-corrected chi connectivity index (χ4v) is 2.56. The molecule has 2 aromatic heterocycles. The average Bonchev–Trinajstić information content (AvgIpc) is 3.17. The summed E-state index contributed by atoms with van der Waals surface area (Å²) in [5.74, 6) is 1.55. The molecule has 0 unspecified atom stereocenters. The molecule has 0 N–H and O–H groups in total. The van der Waals surface area contributed by atoms with Crippen LogP contribution < -0.4 is 0 Å². The summed E-state index contributed by atoms with van der Waals surface area (Å²) in [6, 6.07) is 7.95. The maximum absolute atomic E-state index is 5.43. The maximum Gasteiger partial charge on any atom is 0.258 e. The second-order valence-electron chi connectivity index (χ2n) is 4.92. The molecule has 0 amide bonds. The van der Waals surface area contributed by atoms with Crippen molar-refractivity contribution < 1.29 is 9.26 Å². The molecule has 0 saturated carbocycles. The molecular formula is C15H13N3O2. The zero-order valence-corrected chi connectivity index (χ0v) is 10.8. The Labute approximate surface area is 115 Å². The minimum Gasteiger partial charge on any atom is -0.381 e. The molecule has 1 aromatic carbocycles. The summed E-state index contributed by atoms with van der Waals surface area (Å²) in [7, 11) is 0. The van der Waals surface area contributed by atoms with Crippen molar-refractivity contribution in [3.63, 3.8) is 0 Å². The van der Waals surface area contributed by atoms with E-state index in [2.05, 4.69) is 15.1 Å². The highest BCUT2D eigenvalue weighted by Gasteiger charge is 2.23. The average molecular weight is 267 g/mol. The third kappa shape index (κ3) is 1.87. The quantitative estimate of drug-likeness (QED) is 0.714. The van der Waals surface area contributed by atoms with Crippen molar-refractivity contribution in [1.29, 1.82) is 0 Å². The fraction of sp³-hybridized carbons (Fsp3) is 0.267. The molecule has 20 heavy (non-hydrogen) atoms. The first-order chi connectivity index (χ1) is 9.92. The number of benzene rings is 1. The van der Waals surface area contributed by atoms with E-state index in [0.717, 1.165) is 35.2 Å². The molecule has 5 nitrogen and oxygen atoms in total. The van der Waals surface area contributed by atoms with E-state index in [1.165, 1.54) is 0 Å². The molecule has 3 heterocycles. The van der Waals surface area contributed by atoms with Crippen molar-refractivity contribution in [2.24, 2.45) is 0 Å². The van der Waals surface area contributed by atoms with Crippen LogP contribution in [0.2, 0.25) is 0 Å². The van der Waals surface area contributed by atoms with Crippen LogP contribution in [0.15, 0.2) is 41.2 Å². The normalized spacial score (nSPS) is 18.7. The minimum atomic E-state index is 0.254. The van der Waals surface area contributed by atoms with Gasteiger partial charge in [0.15, 0.2) is 5.82 Å². The molecule has 0 aliphatic carbocycles. The molecule has 1 fully saturated rings. The predicted molar refractivity (Wildman–Crippen MR) is 73.2 cm³/mol. The fourth-order valence-electron chi connectivity index (χ4n) is 2.56. The van der Waals surface area contributed by atoms with E-state index in [0.29, 0.717) is 12.5 Å². The first-order valence-corrected chi connectivity index (χ1v) is 6.66. The molecule has 0 bridgehead atoms. The van der Waals surface area contributed by atoms with Crippen LogP contribution in [0.3, 0.4) is 0 Å². The molecule has 100 valence electrons. The Hall–Kier alpha value is -2.27. The molecule has 1 atom stereocenters. The van der Waals surface area contributed by atoms with Crippen molar-refractivity contribution in [3.05, 3.63) is 42.5 Å². The minimum absolute atomic E-state index is 0.254. The highest BCUT2D eigenvalue weighted by atomic mass is 16.5. The lowest BCUT2D eigenvalue weighted by Gasteiger charge is -2.01. The van der Waals surface area contributed by atoms with E-state index < -0.39 is 0 Å². The molecule has 3 aromatic rings. The van der Waals surface area contributed by atoms with Gasteiger partial charge in [-0.05, 0) is 23.9 Å². The Balaban J connectivity index is 1.79. The zero-order chi connectivity index (χ0) is 13.4. The van der Waals surface area contributed by atoms with Gasteiger partial charge >= 0.3 is 0 Å². The van der Waals surface area contributed by atoms with E-state index in [1.807, 2.05) is 30.5 Å². The summed E-state index contributed by atoms with van der Waals surface area (Å²) in [6.45, 7) is 1.45. The standard InChI is InChI=1S/C15H13N3O2/c1-2-10-8-16-6-4-12(10)13(3-1)15-17-14(18-20-15)11-5-7-19-9-11/h1-4,6,8,11H,5,7,9H2/t11-/m0/s1. The Morgan fingerprint density at radius 3 is 3.10 bits per heavy atom. The van der Waals surface area contributed by atoms with Crippen molar-refractivity contribution in [2.45, 2.75) is 12.3 Å². The van der Waals surface area contributed by atoms with Crippen LogP contribution in [0.5, 0.6) is 0 Å². The number of hydrogen-bond donors (Lipinski definition) is 0. The summed E-state index contributed by atoms with van der Waals surface area (Å²) in [5.41, 5.74) is 0.947. The summed E-state index contributed by atoms with van der Waals surface area (Å²) in [5, 5.41) is 6.23. The van der Waals surface area contributed by atoms with Gasteiger partial charge in [0.1, 0.15) is 0 Å². The Kier molecular flexibility index (Phi) is 2.70. The van der Waals surface area contributed by atoms with Gasteiger partial charge in [-0.1, -0.05) is 17.3 Å². The summed E-state index contributed by atoms with van der Waals surface area (Å²) >= 11 is 0. The van der Waals surface area contributed by atoms with Crippen LogP contribution in [-0.4, -0.2) is 28.3 Å². The van der Waals surface area contributed by atoms with Crippen molar-refractivity contribution in [1.82, 2.24) is 15.1 Å². The van der Waals surface area contributed by atoms with Gasteiger partial charge in [-0.2, -0.15) is 4.98 Å². The maximum atomic E-state index is 5.43. The lowest BCUT2D eigenvalue weighted by Crippen LogP contribution is -1.99. The van der Waals surface area contributed by atoms with Crippen LogP contribution in [0, 0.1) is 0 Å². The van der Waals surface area contributed by atoms with E-state index >= 15 is 0 Å². The first-order valence-electron chi connectivity index (χ1n) is 6.66. The highest BCUT2D eigenvalue weighted by molar-refractivity contribution is 5.94. The molecule has 1 aliphatic heterocycles. The van der Waals surface area contributed by atoms with Crippen LogP contribution >= 0.6 is 0 Å². The van der Waals surface area contributed by atoms with Gasteiger partial charge in [0.05, 0.1) is 6.61 Å². The molecule has 1 saturated heterocycles. The first kappa shape index (κ1) is 11.5. The van der Waals surface area contributed by atoms with Gasteiger partial charge in [0.25, 0.3) is 5.89 Å². The van der Waals surface area contributed by atoms with Crippen LogP contribution in [-0.2, 0) is 4.74 Å². The number of hydrogen-bond acceptors (Lipinski definition) is 5. The predicted octanol–water partition coefficient (Wildman–Crippen LogP) is 2.79. The van der Waals surface area contributed by atoms with Gasteiger partial charge in [-0.25, -0.2) is 0 Å². The highest BCUT2D eigenvalue weighted by Crippen LogP contribution is 2.29. The lowest BCUT2D eigenvalue weighted by atomic mass is 10.1. The molecule has 0 radical (unpaired) electrons. The SMILES string of the molecule is c1cc(-c2nc([C@H]3CCOC3)no2)c2ccncc2c1. The van der Waals surface area contributed by atoms with Gasteiger partial charge in [0, 0.05) is 35.9 Å². The molecule has 4 rings (SSSR count). The monoisotopic (exact) mass is 267 g/mol. The third-order valence-electron chi connectivity index (χ3n) is 3.65. The summed E-state index contributed by atoms with van der Waals surface area (Å²) in [6.07, 6.45) is 4.56. The van der Waals surface area contributed by atoms with Crippen LogP contribution in [0.4, 0.5) is 0 Å². The molecule has 0 spiro atoms. The van der Waals surface area contributed by atoms with E-state index in [9.17, 15) is 0 Å². The van der Waals surface area contributed by atoms with Gasteiger partial charge < -0.3 is 9.26 Å². The van der Waals surface area contributed by atoms with E-state index in [4.69, 9.17) is 9.26 Å². The van der Waals surface area contributed by atoms with E-state index in [1.54, 1.807) is 6.20 Å².